The minimum atomic E-state index is -0.325. The maximum atomic E-state index is 12.8. The van der Waals surface area contributed by atoms with Crippen molar-refractivity contribution in [1.82, 2.24) is 15.0 Å². The Morgan fingerprint density at radius 2 is 1.05 bits per heavy atom. The van der Waals surface area contributed by atoms with Gasteiger partial charge < -0.3 is 4.98 Å². The molecule has 0 aliphatic heterocycles. The van der Waals surface area contributed by atoms with Gasteiger partial charge in [0, 0.05) is 30.9 Å². The molecule has 4 aromatic carbocycles. The molecule has 0 N–H and O–H groups in total. The normalized spacial score (nSPS) is 10.6. The molecule has 1 radical (unpaired) electrons. The Labute approximate surface area is 233 Å². The molecular formula is C33H21FIrN3-. The number of hydrogen-bond donors (Lipinski definition) is 0. The van der Waals surface area contributed by atoms with E-state index in [0.29, 0.717) is 0 Å². The first-order valence-electron chi connectivity index (χ1n) is 12.0. The topological polar surface area (TPSA) is 38.7 Å². The van der Waals surface area contributed by atoms with Crippen molar-refractivity contribution in [2.75, 3.05) is 0 Å². The van der Waals surface area contributed by atoms with Crippen molar-refractivity contribution in [3.63, 3.8) is 0 Å². The van der Waals surface area contributed by atoms with Gasteiger partial charge in [0.05, 0.1) is 28.6 Å². The number of benzene rings is 4. The predicted molar refractivity (Wildman–Crippen MR) is 148 cm³/mol. The van der Waals surface area contributed by atoms with Crippen molar-refractivity contribution in [2.45, 2.75) is 0 Å². The first kappa shape index (κ1) is 25.3. The molecule has 38 heavy (non-hydrogen) atoms. The zero-order valence-electron chi connectivity index (χ0n) is 20.2. The van der Waals surface area contributed by atoms with Gasteiger partial charge >= 0.3 is 0 Å². The SMILES string of the molecule is Fc1ccc(-c2[c-]cc3ccccc3c2)nc1.[Ir].c1ccc2nc(-c3ccc4ccccc4n3)ccc2c1. The molecule has 3 heterocycles. The van der Waals surface area contributed by atoms with Gasteiger partial charge in [0.2, 0.25) is 0 Å². The van der Waals surface area contributed by atoms with Gasteiger partial charge in [-0.05, 0) is 36.0 Å². The summed E-state index contributed by atoms with van der Waals surface area (Å²) in [4.78, 5) is 13.4. The third kappa shape index (κ3) is 5.50. The van der Waals surface area contributed by atoms with E-state index in [-0.39, 0.29) is 25.9 Å². The number of halogens is 1. The van der Waals surface area contributed by atoms with E-state index in [1.807, 2.05) is 84.9 Å². The largest absolute Gasteiger partial charge is 0.302 e. The smallest absolute Gasteiger partial charge is 0.139 e. The summed E-state index contributed by atoms with van der Waals surface area (Å²) in [6.45, 7) is 0. The summed E-state index contributed by atoms with van der Waals surface area (Å²) in [5.74, 6) is -0.325. The van der Waals surface area contributed by atoms with E-state index in [2.05, 4.69) is 45.3 Å². The first-order valence-corrected chi connectivity index (χ1v) is 12.0. The van der Waals surface area contributed by atoms with Crippen LogP contribution in [0.3, 0.4) is 0 Å². The molecule has 0 unspecified atom stereocenters. The molecule has 0 saturated heterocycles. The van der Waals surface area contributed by atoms with Gasteiger partial charge in [-0.25, -0.2) is 14.4 Å². The van der Waals surface area contributed by atoms with E-state index in [9.17, 15) is 4.39 Å². The number of hydrogen-bond acceptors (Lipinski definition) is 3. The summed E-state index contributed by atoms with van der Waals surface area (Å²) in [6, 6.07) is 42.7. The summed E-state index contributed by atoms with van der Waals surface area (Å²) < 4.78 is 12.8. The van der Waals surface area contributed by atoms with Crippen LogP contribution >= 0.6 is 0 Å². The van der Waals surface area contributed by atoms with Crippen LogP contribution in [0.25, 0.3) is 55.2 Å². The standard InChI is InChI=1S/C18H12N2.C15H9FN.Ir/c1-3-7-15-13(5-1)9-11-17(19-15)18-12-10-14-6-2-4-8-16(14)20-18;16-14-7-8-15(17-10-14)13-6-5-11-3-1-2-4-12(11)9-13;/h1-12H;1-5,7-10H;/q;-1;. The maximum absolute atomic E-state index is 12.8. The number of pyridine rings is 3. The summed E-state index contributed by atoms with van der Waals surface area (Å²) in [5.41, 5.74) is 5.43. The average molecular weight is 671 g/mol. The van der Waals surface area contributed by atoms with E-state index >= 15 is 0 Å². The molecule has 0 aliphatic rings. The van der Waals surface area contributed by atoms with Crippen LogP contribution in [0.2, 0.25) is 0 Å². The number of rotatable bonds is 2. The molecule has 7 aromatic rings. The molecule has 0 atom stereocenters. The molecule has 185 valence electrons. The molecule has 0 spiro atoms. The van der Waals surface area contributed by atoms with Gasteiger partial charge in [0.25, 0.3) is 0 Å². The number of aromatic nitrogens is 3. The fourth-order valence-electron chi connectivity index (χ4n) is 4.23. The molecule has 0 aliphatic carbocycles. The summed E-state index contributed by atoms with van der Waals surface area (Å²) in [5, 5.41) is 4.57. The van der Waals surface area contributed by atoms with Crippen LogP contribution in [-0.4, -0.2) is 15.0 Å². The van der Waals surface area contributed by atoms with Gasteiger partial charge in [-0.3, -0.25) is 0 Å². The third-order valence-corrected chi connectivity index (χ3v) is 6.14. The van der Waals surface area contributed by atoms with Crippen LogP contribution in [0, 0.1) is 11.9 Å². The van der Waals surface area contributed by atoms with Crippen LogP contribution < -0.4 is 0 Å². The van der Waals surface area contributed by atoms with Crippen LogP contribution in [0.4, 0.5) is 4.39 Å². The Balaban J connectivity index is 0.000000153. The average Bonchev–Trinajstić information content (AvgIpc) is 2.97. The number of nitrogens with zero attached hydrogens (tertiary/aromatic N) is 3. The molecule has 0 saturated carbocycles. The molecule has 0 amide bonds. The quantitative estimate of drug-likeness (QED) is 0.174. The minimum Gasteiger partial charge on any atom is -0.302 e. The molecule has 7 rings (SSSR count). The second kappa shape index (κ2) is 11.4. The van der Waals surface area contributed by atoms with E-state index in [1.54, 1.807) is 6.07 Å². The van der Waals surface area contributed by atoms with Gasteiger partial charge in [0.1, 0.15) is 5.82 Å². The molecule has 5 heteroatoms. The van der Waals surface area contributed by atoms with Crippen LogP contribution in [0.15, 0.2) is 128 Å². The van der Waals surface area contributed by atoms with Crippen molar-refractivity contribution in [1.29, 1.82) is 0 Å². The Kier molecular flexibility index (Phi) is 7.60. The number of para-hydroxylation sites is 2. The number of fused-ring (bicyclic) bond motifs is 3. The molecular weight excluding hydrogens is 650 g/mol. The van der Waals surface area contributed by atoms with Gasteiger partial charge in [-0.2, -0.15) is 0 Å². The Morgan fingerprint density at radius 1 is 0.526 bits per heavy atom. The van der Waals surface area contributed by atoms with Crippen molar-refractivity contribution in [3.8, 4) is 22.6 Å². The predicted octanol–water partition coefficient (Wildman–Crippen LogP) is 8.29. The zero-order valence-corrected chi connectivity index (χ0v) is 22.6. The van der Waals surface area contributed by atoms with Crippen molar-refractivity contribution < 1.29 is 24.5 Å². The Bertz CT molecular complexity index is 1770. The summed E-state index contributed by atoms with van der Waals surface area (Å²) in [7, 11) is 0. The first-order chi connectivity index (χ1) is 18.2. The fourth-order valence-corrected chi connectivity index (χ4v) is 4.23. The van der Waals surface area contributed by atoms with Crippen LogP contribution in [0.1, 0.15) is 0 Å². The van der Waals surface area contributed by atoms with Gasteiger partial charge in [-0.1, -0.05) is 84.2 Å². The fraction of sp³-hybridized carbons (Fsp3) is 0. The van der Waals surface area contributed by atoms with Gasteiger partial charge in [-0.15, -0.1) is 29.1 Å². The van der Waals surface area contributed by atoms with Gasteiger partial charge in [0.15, 0.2) is 0 Å². The van der Waals surface area contributed by atoms with Crippen molar-refractivity contribution >= 4 is 32.6 Å². The molecule has 3 aromatic heterocycles. The second-order valence-corrected chi connectivity index (χ2v) is 8.62. The van der Waals surface area contributed by atoms with Crippen molar-refractivity contribution in [2.24, 2.45) is 0 Å². The molecule has 3 nitrogen and oxygen atoms in total. The summed E-state index contributed by atoms with van der Waals surface area (Å²) in [6.07, 6.45) is 1.22. The summed E-state index contributed by atoms with van der Waals surface area (Å²) >= 11 is 0. The second-order valence-electron chi connectivity index (χ2n) is 8.62. The van der Waals surface area contributed by atoms with E-state index in [1.165, 1.54) is 12.3 Å². The van der Waals surface area contributed by atoms with E-state index in [0.717, 1.165) is 55.2 Å². The van der Waals surface area contributed by atoms with E-state index < -0.39 is 0 Å². The third-order valence-electron chi connectivity index (χ3n) is 6.14. The van der Waals surface area contributed by atoms with Crippen LogP contribution in [-0.2, 0) is 20.1 Å². The maximum Gasteiger partial charge on any atom is 0.139 e. The molecule has 0 fully saturated rings. The molecule has 0 bridgehead atoms. The minimum absolute atomic E-state index is 0. The zero-order chi connectivity index (χ0) is 25.0. The Hall–Kier alpha value is -4.31. The Morgan fingerprint density at radius 3 is 1.63 bits per heavy atom. The van der Waals surface area contributed by atoms with Crippen LogP contribution in [0.5, 0.6) is 0 Å². The monoisotopic (exact) mass is 671 g/mol. The van der Waals surface area contributed by atoms with E-state index in [4.69, 9.17) is 0 Å². The van der Waals surface area contributed by atoms with Crippen molar-refractivity contribution in [3.05, 3.63) is 139 Å².